The summed E-state index contributed by atoms with van der Waals surface area (Å²) in [6.07, 6.45) is 2.92. The van der Waals surface area contributed by atoms with Gasteiger partial charge in [-0.1, -0.05) is 31.2 Å². The maximum atomic E-state index is 12.9. The topological polar surface area (TPSA) is 113 Å². The highest BCUT2D eigenvalue weighted by Gasteiger charge is 2.40. The number of thioether (sulfide) groups is 1. The minimum Gasteiger partial charge on any atom is -0.489 e. The first-order chi connectivity index (χ1) is 13.3. The van der Waals surface area contributed by atoms with E-state index in [0.717, 1.165) is 6.42 Å². The van der Waals surface area contributed by atoms with Crippen molar-refractivity contribution >= 4 is 28.4 Å². The maximum Gasteiger partial charge on any atom is 0.339 e. The van der Waals surface area contributed by atoms with Crippen LogP contribution in [0.3, 0.4) is 0 Å². The van der Waals surface area contributed by atoms with Gasteiger partial charge in [-0.3, -0.25) is 9.79 Å². The van der Waals surface area contributed by atoms with E-state index in [9.17, 15) is 9.59 Å². The summed E-state index contributed by atoms with van der Waals surface area (Å²) >= 11 is 1.36. The molecule has 28 heavy (non-hydrogen) atoms. The van der Waals surface area contributed by atoms with Crippen molar-refractivity contribution in [3.8, 4) is 5.75 Å². The lowest BCUT2D eigenvalue weighted by Gasteiger charge is -2.24. The number of rotatable bonds is 9. The lowest BCUT2D eigenvalue weighted by Crippen LogP contribution is -2.45. The first-order valence-electron chi connectivity index (χ1n) is 8.94. The third kappa shape index (κ3) is 5.25. The van der Waals surface area contributed by atoms with E-state index < -0.39 is 17.2 Å². The molecule has 0 aromatic carbocycles. The quantitative estimate of drug-likeness (QED) is 0.282. The zero-order valence-electron chi connectivity index (χ0n) is 16.2. The molecule has 1 aromatic rings. The summed E-state index contributed by atoms with van der Waals surface area (Å²) in [6.45, 7) is 9.15. The van der Waals surface area contributed by atoms with E-state index in [1.165, 1.54) is 17.8 Å². The fraction of sp³-hybridized carbons (Fsp3) is 0.474. The minimum atomic E-state index is -1.00. The molecule has 2 atom stereocenters. The summed E-state index contributed by atoms with van der Waals surface area (Å²) in [5.74, 6) is 0.818. The summed E-state index contributed by atoms with van der Waals surface area (Å²) in [7, 11) is 0. The van der Waals surface area contributed by atoms with E-state index >= 15 is 0 Å². The van der Waals surface area contributed by atoms with Gasteiger partial charge in [0.15, 0.2) is 0 Å². The van der Waals surface area contributed by atoms with Crippen molar-refractivity contribution in [1.29, 1.82) is 0 Å². The molecule has 0 unspecified atom stereocenters. The SMILES string of the molecule is C=CCOc1cc([C@@H](CCC)NC(=O)[C@]2(C)CSC(/C(C)=N\O)=N2)oc(=O)c1. The summed E-state index contributed by atoms with van der Waals surface area (Å²) in [5.41, 5.74) is -1.19. The van der Waals surface area contributed by atoms with Crippen LogP contribution in [0.4, 0.5) is 0 Å². The van der Waals surface area contributed by atoms with Crippen LogP contribution in [0.2, 0.25) is 0 Å². The predicted octanol–water partition coefficient (Wildman–Crippen LogP) is 2.92. The molecule has 1 aromatic heterocycles. The summed E-state index contributed by atoms with van der Waals surface area (Å²) in [6, 6.07) is 2.36. The van der Waals surface area contributed by atoms with E-state index in [0.29, 0.717) is 34.4 Å². The van der Waals surface area contributed by atoms with Crippen LogP contribution in [0.15, 0.2) is 44.1 Å². The third-order valence-electron chi connectivity index (χ3n) is 4.14. The molecule has 0 fully saturated rings. The number of oxime groups is 1. The zero-order chi connectivity index (χ0) is 20.7. The third-order valence-corrected chi connectivity index (χ3v) is 5.51. The first-order valence-corrected chi connectivity index (χ1v) is 9.93. The molecule has 152 valence electrons. The van der Waals surface area contributed by atoms with Gasteiger partial charge in [-0.15, -0.1) is 11.8 Å². The van der Waals surface area contributed by atoms with Crippen LogP contribution >= 0.6 is 11.8 Å². The second-order valence-electron chi connectivity index (χ2n) is 6.59. The lowest BCUT2D eigenvalue weighted by molar-refractivity contribution is -0.125. The van der Waals surface area contributed by atoms with Gasteiger partial charge >= 0.3 is 5.63 Å². The number of nitrogens with one attached hydrogen (secondary N) is 1. The van der Waals surface area contributed by atoms with Gasteiger partial charge in [-0.2, -0.15) is 0 Å². The van der Waals surface area contributed by atoms with Gasteiger partial charge in [0, 0.05) is 11.8 Å². The Kier molecular flexibility index (Phi) is 7.45. The molecule has 9 heteroatoms. The smallest absolute Gasteiger partial charge is 0.339 e. The van der Waals surface area contributed by atoms with Gasteiger partial charge in [0.05, 0.1) is 12.1 Å². The number of carbonyl (C=O) groups is 1. The van der Waals surface area contributed by atoms with Crippen LogP contribution in [0.5, 0.6) is 5.75 Å². The average Bonchev–Trinajstić information content (AvgIpc) is 3.08. The molecular weight excluding hydrogens is 382 g/mol. The van der Waals surface area contributed by atoms with Crippen molar-refractivity contribution in [3.63, 3.8) is 0 Å². The Labute approximate surface area is 167 Å². The van der Waals surface area contributed by atoms with E-state index in [-0.39, 0.29) is 12.5 Å². The Morgan fingerprint density at radius 3 is 3.00 bits per heavy atom. The molecule has 0 bridgehead atoms. The van der Waals surface area contributed by atoms with Gasteiger partial charge in [-0.05, 0) is 20.3 Å². The Hall–Kier alpha value is -2.55. The molecule has 2 rings (SSSR count). The van der Waals surface area contributed by atoms with Crippen LogP contribution < -0.4 is 15.7 Å². The standard InChI is InChI=1S/C19H25N3O5S/c1-5-7-14(15-9-13(26-8-6-2)10-16(23)27-15)20-18(24)19(4)11-28-17(21-19)12(3)22-25/h6,9-10,14,25H,2,5,7-8,11H2,1,3-4H3,(H,20,24)/b22-12-/t14-,19+/m1/s1. The zero-order valence-corrected chi connectivity index (χ0v) is 17.0. The number of ether oxygens (including phenoxy) is 1. The molecule has 2 heterocycles. The maximum absolute atomic E-state index is 12.9. The van der Waals surface area contributed by atoms with E-state index in [2.05, 4.69) is 22.0 Å². The highest BCUT2D eigenvalue weighted by Crippen LogP contribution is 2.30. The fourth-order valence-electron chi connectivity index (χ4n) is 2.61. The van der Waals surface area contributed by atoms with Crippen molar-refractivity contribution in [2.75, 3.05) is 12.4 Å². The number of amides is 1. The normalized spacial score (nSPS) is 20.4. The van der Waals surface area contributed by atoms with Crippen molar-refractivity contribution in [2.24, 2.45) is 10.1 Å². The number of aliphatic imine (C=N–C) groups is 1. The molecule has 0 spiro atoms. The molecule has 0 saturated heterocycles. The summed E-state index contributed by atoms with van der Waals surface area (Å²) in [5, 5.41) is 15.5. The second-order valence-corrected chi connectivity index (χ2v) is 7.56. The molecule has 0 aliphatic carbocycles. The van der Waals surface area contributed by atoms with Crippen molar-refractivity contribution in [1.82, 2.24) is 5.32 Å². The van der Waals surface area contributed by atoms with Gasteiger partial charge < -0.3 is 19.7 Å². The fourth-order valence-corrected chi connectivity index (χ4v) is 3.74. The Morgan fingerprint density at radius 2 is 2.36 bits per heavy atom. The predicted molar refractivity (Wildman–Crippen MR) is 110 cm³/mol. The van der Waals surface area contributed by atoms with Crippen LogP contribution in [-0.4, -0.2) is 39.8 Å². The highest BCUT2D eigenvalue weighted by atomic mass is 32.2. The molecule has 1 aliphatic rings. The average molecular weight is 407 g/mol. The molecule has 8 nitrogen and oxygen atoms in total. The minimum absolute atomic E-state index is 0.256. The van der Waals surface area contributed by atoms with E-state index in [4.69, 9.17) is 14.4 Å². The first kappa shape index (κ1) is 21.7. The van der Waals surface area contributed by atoms with Crippen LogP contribution in [-0.2, 0) is 4.79 Å². The Balaban J connectivity index is 2.24. The summed E-state index contributed by atoms with van der Waals surface area (Å²) in [4.78, 5) is 29.2. The van der Waals surface area contributed by atoms with Crippen molar-refractivity contribution in [3.05, 3.63) is 41.0 Å². The molecular formula is C19H25N3O5S. The molecule has 1 aliphatic heterocycles. The summed E-state index contributed by atoms with van der Waals surface area (Å²) < 4.78 is 10.7. The van der Waals surface area contributed by atoms with Gasteiger partial charge in [-0.25, -0.2) is 4.79 Å². The second kappa shape index (κ2) is 9.59. The lowest BCUT2D eigenvalue weighted by atomic mass is 10.0. The van der Waals surface area contributed by atoms with Crippen LogP contribution in [0.1, 0.15) is 45.4 Å². The Bertz CT molecular complexity index is 848. The van der Waals surface area contributed by atoms with Crippen molar-refractivity contribution in [2.45, 2.75) is 45.2 Å². The van der Waals surface area contributed by atoms with Gasteiger partial charge in [0.1, 0.15) is 34.4 Å². The monoisotopic (exact) mass is 407 g/mol. The molecule has 2 N–H and O–H groups in total. The van der Waals surface area contributed by atoms with Crippen LogP contribution in [0, 0.1) is 0 Å². The van der Waals surface area contributed by atoms with Crippen LogP contribution in [0.25, 0.3) is 0 Å². The number of carbonyl (C=O) groups excluding carboxylic acids is 1. The largest absolute Gasteiger partial charge is 0.489 e. The number of hydrogen-bond acceptors (Lipinski definition) is 8. The van der Waals surface area contributed by atoms with Gasteiger partial charge in [0.2, 0.25) is 5.91 Å². The highest BCUT2D eigenvalue weighted by molar-refractivity contribution is 8.16. The van der Waals surface area contributed by atoms with E-state index in [1.807, 2.05) is 6.92 Å². The Morgan fingerprint density at radius 1 is 1.61 bits per heavy atom. The van der Waals surface area contributed by atoms with E-state index in [1.54, 1.807) is 26.0 Å². The number of nitrogens with zero attached hydrogens (tertiary/aromatic N) is 2. The number of hydrogen-bond donors (Lipinski definition) is 2. The molecule has 1 amide bonds. The molecule has 0 radical (unpaired) electrons. The van der Waals surface area contributed by atoms with Gasteiger partial charge in [0.25, 0.3) is 0 Å². The molecule has 0 saturated carbocycles. The van der Waals surface area contributed by atoms with Crippen molar-refractivity contribution < 1.29 is 19.2 Å².